The lowest BCUT2D eigenvalue weighted by Crippen LogP contribution is -1.97. The molecule has 1 heterocycles. The van der Waals surface area contributed by atoms with E-state index in [0.717, 1.165) is 11.1 Å². The quantitative estimate of drug-likeness (QED) is 0.498. The molecule has 2 rings (SSSR count). The molecule has 0 aliphatic heterocycles. The minimum atomic E-state index is 0.491. The van der Waals surface area contributed by atoms with Crippen LogP contribution in [0, 0.1) is 0 Å². The van der Waals surface area contributed by atoms with Crippen molar-refractivity contribution in [3.63, 3.8) is 0 Å². The first-order valence-corrected chi connectivity index (χ1v) is 5.66. The van der Waals surface area contributed by atoms with Crippen LogP contribution in [0.5, 0.6) is 5.88 Å². The van der Waals surface area contributed by atoms with Crippen LogP contribution in [-0.4, -0.2) is 16.4 Å². The van der Waals surface area contributed by atoms with Gasteiger partial charge in [-0.3, -0.25) is 0 Å². The molecule has 0 spiro atoms. The average Bonchev–Trinajstić information content (AvgIpc) is 2.45. The zero-order chi connectivity index (χ0) is 12.6. The van der Waals surface area contributed by atoms with Gasteiger partial charge in [-0.05, 0) is 17.2 Å². The average molecular weight is 242 g/mol. The molecule has 4 heteroatoms. The van der Waals surface area contributed by atoms with Crippen LogP contribution in [0.15, 0.2) is 53.8 Å². The van der Waals surface area contributed by atoms with Crippen molar-refractivity contribution in [2.75, 3.05) is 0 Å². The van der Waals surface area contributed by atoms with Gasteiger partial charge in [-0.25, -0.2) is 4.98 Å². The maximum atomic E-state index is 8.33. The monoisotopic (exact) mass is 242 g/mol. The largest absolute Gasteiger partial charge is 0.473 e. The predicted octanol–water partition coefficient (Wildman–Crippen LogP) is 2.66. The fraction of sp³-hybridized carbons (Fsp3) is 0.143. The van der Waals surface area contributed by atoms with Gasteiger partial charge in [-0.15, -0.1) is 5.16 Å². The molecule has 0 unspecified atom stereocenters. The number of oxime groups is 1. The lowest BCUT2D eigenvalue weighted by molar-refractivity contribution is 0.294. The highest BCUT2D eigenvalue weighted by molar-refractivity contribution is 5.60. The molecule has 0 saturated carbocycles. The lowest BCUT2D eigenvalue weighted by atomic mass is 10.1. The van der Waals surface area contributed by atoms with Crippen molar-refractivity contribution in [3.05, 3.63) is 59.8 Å². The van der Waals surface area contributed by atoms with Crippen molar-refractivity contribution in [1.29, 1.82) is 0 Å². The maximum absolute atomic E-state index is 8.33. The second-order valence-electron chi connectivity index (χ2n) is 3.78. The summed E-state index contributed by atoms with van der Waals surface area (Å²) in [6.07, 6.45) is 3.78. The van der Waals surface area contributed by atoms with E-state index in [1.807, 2.05) is 42.5 Å². The molecule has 2 aromatic rings. The highest BCUT2D eigenvalue weighted by Crippen LogP contribution is 2.09. The Hall–Kier alpha value is -2.36. The van der Waals surface area contributed by atoms with Crippen molar-refractivity contribution in [2.45, 2.75) is 13.0 Å². The Kier molecular flexibility index (Phi) is 4.30. The molecule has 0 fully saturated rings. The SMILES string of the molecule is ON=CCc1ccc(COc2ccccn2)cc1. The second kappa shape index (κ2) is 6.39. The van der Waals surface area contributed by atoms with Crippen LogP contribution in [0.2, 0.25) is 0 Å². The first kappa shape index (κ1) is 12.1. The third-order valence-corrected chi connectivity index (χ3v) is 2.46. The summed E-state index contributed by atoms with van der Waals surface area (Å²) in [4.78, 5) is 4.08. The third-order valence-electron chi connectivity index (χ3n) is 2.46. The molecule has 0 saturated heterocycles. The summed E-state index contributed by atoms with van der Waals surface area (Å²) in [5, 5.41) is 11.3. The summed E-state index contributed by atoms with van der Waals surface area (Å²) < 4.78 is 5.54. The second-order valence-corrected chi connectivity index (χ2v) is 3.78. The summed E-state index contributed by atoms with van der Waals surface area (Å²) in [5.74, 6) is 0.619. The Morgan fingerprint density at radius 3 is 2.56 bits per heavy atom. The van der Waals surface area contributed by atoms with E-state index in [9.17, 15) is 0 Å². The van der Waals surface area contributed by atoms with Crippen LogP contribution in [0.4, 0.5) is 0 Å². The molecular weight excluding hydrogens is 228 g/mol. The number of nitrogens with zero attached hydrogens (tertiary/aromatic N) is 2. The minimum absolute atomic E-state index is 0.491. The van der Waals surface area contributed by atoms with Gasteiger partial charge in [0.2, 0.25) is 5.88 Å². The molecule has 0 amide bonds. The Bertz CT molecular complexity index is 495. The first-order valence-electron chi connectivity index (χ1n) is 5.66. The molecule has 1 N–H and O–H groups in total. The van der Waals surface area contributed by atoms with Gasteiger partial charge < -0.3 is 9.94 Å². The Morgan fingerprint density at radius 1 is 1.11 bits per heavy atom. The minimum Gasteiger partial charge on any atom is -0.473 e. The van der Waals surface area contributed by atoms with E-state index in [-0.39, 0.29) is 0 Å². The number of hydrogen-bond donors (Lipinski definition) is 1. The number of ether oxygens (including phenoxy) is 1. The fourth-order valence-corrected chi connectivity index (χ4v) is 1.51. The number of rotatable bonds is 5. The summed E-state index contributed by atoms with van der Waals surface area (Å²) in [6.45, 7) is 0.491. The smallest absolute Gasteiger partial charge is 0.213 e. The molecule has 92 valence electrons. The zero-order valence-corrected chi connectivity index (χ0v) is 9.86. The van der Waals surface area contributed by atoms with Crippen molar-refractivity contribution in [2.24, 2.45) is 5.16 Å². The predicted molar refractivity (Wildman–Crippen MR) is 69.0 cm³/mol. The van der Waals surface area contributed by atoms with Gasteiger partial charge >= 0.3 is 0 Å². The van der Waals surface area contributed by atoms with Crippen molar-refractivity contribution >= 4 is 6.21 Å². The van der Waals surface area contributed by atoms with Gasteiger partial charge in [-0.2, -0.15) is 0 Å². The van der Waals surface area contributed by atoms with Gasteiger partial charge in [-0.1, -0.05) is 30.3 Å². The first-order chi connectivity index (χ1) is 8.88. The molecule has 0 bridgehead atoms. The van der Waals surface area contributed by atoms with Gasteiger partial charge in [0.25, 0.3) is 0 Å². The number of hydrogen-bond acceptors (Lipinski definition) is 4. The molecule has 4 nitrogen and oxygen atoms in total. The van der Waals surface area contributed by atoms with Gasteiger partial charge in [0.1, 0.15) is 6.61 Å². The fourth-order valence-electron chi connectivity index (χ4n) is 1.51. The highest BCUT2D eigenvalue weighted by atomic mass is 16.5. The van der Waals surface area contributed by atoms with Crippen LogP contribution in [0.25, 0.3) is 0 Å². The Morgan fingerprint density at radius 2 is 1.89 bits per heavy atom. The van der Waals surface area contributed by atoms with Gasteiger partial charge in [0.15, 0.2) is 0 Å². The summed E-state index contributed by atoms with van der Waals surface area (Å²) in [6, 6.07) is 13.5. The standard InChI is InChI=1S/C14H14N2O2/c17-16-10-8-12-4-6-13(7-5-12)11-18-14-3-1-2-9-15-14/h1-7,9-10,17H,8,11H2. The maximum Gasteiger partial charge on any atom is 0.213 e. The van der Waals surface area contributed by atoms with Crippen LogP contribution >= 0.6 is 0 Å². The third kappa shape index (κ3) is 3.59. The summed E-state index contributed by atoms with van der Waals surface area (Å²) in [7, 11) is 0. The lowest BCUT2D eigenvalue weighted by Gasteiger charge is -2.05. The topological polar surface area (TPSA) is 54.7 Å². The van der Waals surface area contributed by atoms with E-state index in [1.54, 1.807) is 6.20 Å². The van der Waals surface area contributed by atoms with E-state index >= 15 is 0 Å². The number of aromatic nitrogens is 1. The van der Waals surface area contributed by atoms with Crippen molar-refractivity contribution in [3.8, 4) is 5.88 Å². The number of benzene rings is 1. The van der Waals surface area contributed by atoms with Crippen molar-refractivity contribution < 1.29 is 9.94 Å². The summed E-state index contributed by atoms with van der Waals surface area (Å²) >= 11 is 0. The van der Waals surface area contributed by atoms with Crippen LogP contribution < -0.4 is 4.74 Å². The molecule has 0 radical (unpaired) electrons. The van der Waals surface area contributed by atoms with Crippen LogP contribution in [-0.2, 0) is 13.0 Å². The normalized spacial score (nSPS) is 10.7. The van der Waals surface area contributed by atoms with E-state index in [0.29, 0.717) is 18.9 Å². The van der Waals surface area contributed by atoms with Crippen LogP contribution in [0.3, 0.4) is 0 Å². The molecule has 1 aromatic carbocycles. The van der Waals surface area contributed by atoms with Gasteiger partial charge in [0, 0.05) is 24.9 Å². The zero-order valence-electron chi connectivity index (χ0n) is 9.86. The van der Waals surface area contributed by atoms with E-state index in [4.69, 9.17) is 9.94 Å². The molecule has 0 aliphatic carbocycles. The Labute approximate surface area is 106 Å². The number of pyridine rings is 1. The summed E-state index contributed by atoms with van der Waals surface area (Å²) in [5.41, 5.74) is 2.17. The molecule has 0 aliphatic rings. The molecule has 18 heavy (non-hydrogen) atoms. The van der Waals surface area contributed by atoms with Gasteiger partial charge in [0.05, 0.1) is 0 Å². The van der Waals surface area contributed by atoms with Crippen LogP contribution in [0.1, 0.15) is 11.1 Å². The van der Waals surface area contributed by atoms with Crippen molar-refractivity contribution in [1.82, 2.24) is 4.98 Å². The molecule has 1 aromatic heterocycles. The van der Waals surface area contributed by atoms with E-state index < -0.39 is 0 Å². The Balaban J connectivity index is 1.90. The van der Waals surface area contributed by atoms with E-state index in [2.05, 4.69) is 10.1 Å². The molecular formula is C14H14N2O2. The molecule has 0 atom stereocenters. The van der Waals surface area contributed by atoms with E-state index in [1.165, 1.54) is 6.21 Å². The highest BCUT2D eigenvalue weighted by Gasteiger charge is 1.97.